The Morgan fingerprint density at radius 2 is 2.29 bits per heavy atom. The average molecular weight is 244 g/mol. The van der Waals surface area contributed by atoms with Crippen LogP contribution in [0.2, 0.25) is 0 Å². The van der Waals surface area contributed by atoms with E-state index < -0.39 is 0 Å². The smallest absolute Gasteiger partial charge is 0.136 e. The molecular formula is C13H12N2OS. The van der Waals surface area contributed by atoms with Crippen LogP contribution in [0.15, 0.2) is 35.0 Å². The first-order valence-corrected chi connectivity index (χ1v) is 6.11. The predicted molar refractivity (Wildman–Crippen MR) is 69.4 cm³/mol. The summed E-state index contributed by atoms with van der Waals surface area (Å²) in [7, 11) is 1.57. The van der Waals surface area contributed by atoms with Crippen molar-refractivity contribution in [2.45, 2.75) is 6.54 Å². The van der Waals surface area contributed by atoms with E-state index in [9.17, 15) is 0 Å². The van der Waals surface area contributed by atoms with Crippen molar-refractivity contribution >= 4 is 17.0 Å². The predicted octanol–water partition coefficient (Wildman–Crippen LogP) is 3.24. The maximum absolute atomic E-state index is 8.98. The van der Waals surface area contributed by atoms with Crippen LogP contribution in [0.4, 0.5) is 5.69 Å². The number of hydrogen-bond acceptors (Lipinski definition) is 4. The van der Waals surface area contributed by atoms with E-state index in [4.69, 9.17) is 10.00 Å². The number of anilines is 1. The van der Waals surface area contributed by atoms with Crippen molar-refractivity contribution in [3.63, 3.8) is 0 Å². The second-order valence-corrected chi connectivity index (χ2v) is 4.29. The molecule has 0 saturated carbocycles. The molecule has 3 nitrogen and oxygen atoms in total. The normalized spacial score (nSPS) is 9.65. The summed E-state index contributed by atoms with van der Waals surface area (Å²) in [6, 6.07) is 9.78. The van der Waals surface area contributed by atoms with Gasteiger partial charge in [-0.1, -0.05) is 6.07 Å². The van der Waals surface area contributed by atoms with E-state index in [2.05, 4.69) is 16.8 Å². The standard InChI is InChI=1S/C13H12N2OS/c1-16-13-3-2-10(6-11(13)7-14)8-15-12-4-5-17-9-12/h2-6,9,15H,8H2,1H3. The van der Waals surface area contributed by atoms with Crippen molar-refractivity contribution in [3.05, 3.63) is 46.2 Å². The van der Waals surface area contributed by atoms with Crippen molar-refractivity contribution in [1.82, 2.24) is 0 Å². The minimum absolute atomic E-state index is 0.567. The highest BCUT2D eigenvalue weighted by molar-refractivity contribution is 7.08. The van der Waals surface area contributed by atoms with Gasteiger partial charge in [0.25, 0.3) is 0 Å². The van der Waals surface area contributed by atoms with Gasteiger partial charge in [0, 0.05) is 17.6 Å². The highest BCUT2D eigenvalue weighted by Crippen LogP contribution is 2.20. The molecule has 4 heteroatoms. The van der Waals surface area contributed by atoms with E-state index in [0.29, 0.717) is 17.9 Å². The zero-order valence-corrected chi connectivity index (χ0v) is 10.3. The Labute approximate surface area is 104 Å². The SMILES string of the molecule is COc1ccc(CNc2ccsc2)cc1C#N. The van der Waals surface area contributed by atoms with Gasteiger partial charge in [-0.3, -0.25) is 0 Å². The molecule has 0 atom stereocenters. The first-order chi connectivity index (χ1) is 8.33. The zero-order chi connectivity index (χ0) is 12.1. The molecule has 0 bridgehead atoms. The fourth-order valence-corrected chi connectivity index (χ4v) is 2.13. The summed E-state index contributed by atoms with van der Waals surface area (Å²) >= 11 is 1.65. The molecule has 2 rings (SSSR count). The average Bonchev–Trinajstić information content (AvgIpc) is 2.89. The maximum atomic E-state index is 8.98. The van der Waals surface area contributed by atoms with Gasteiger partial charge < -0.3 is 10.1 Å². The number of benzene rings is 1. The van der Waals surface area contributed by atoms with Gasteiger partial charge in [0.05, 0.1) is 12.7 Å². The molecule has 17 heavy (non-hydrogen) atoms. The van der Waals surface area contributed by atoms with Gasteiger partial charge in [0.15, 0.2) is 0 Å². The van der Waals surface area contributed by atoms with Crippen LogP contribution in [0.25, 0.3) is 0 Å². The van der Waals surface area contributed by atoms with Crippen molar-refractivity contribution < 1.29 is 4.74 Å². The van der Waals surface area contributed by atoms with E-state index in [-0.39, 0.29) is 0 Å². The third kappa shape index (κ3) is 2.77. The second kappa shape index (κ2) is 5.37. The Kier molecular flexibility index (Phi) is 3.63. The quantitative estimate of drug-likeness (QED) is 0.898. The Morgan fingerprint density at radius 3 is 2.94 bits per heavy atom. The number of rotatable bonds is 4. The summed E-state index contributed by atoms with van der Waals surface area (Å²) in [6.45, 7) is 0.704. The molecule has 0 spiro atoms. The molecule has 86 valence electrons. The number of methoxy groups -OCH3 is 1. The van der Waals surface area contributed by atoms with Crippen LogP contribution >= 0.6 is 11.3 Å². The Bertz CT molecular complexity index is 529. The van der Waals surface area contributed by atoms with Crippen molar-refractivity contribution in [2.24, 2.45) is 0 Å². The Hall–Kier alpha value is -1.99. The summed E-state index contributed by atoms with van der Waals surface area (Å²) < 4.78 is 5.10. The lowest BCUT2D eigenvalue weighted by molar-refractivity contribution is 0.413. The molecule has 1 heterocycles. The van der Waals surface area contributed by atoms with E-state index in [1.165, 1.54) is 0 Å². The van der Waals surface area contributed by atoms with Crippen LogP contribution < -0.4 is 10.1 Å². The molecule has 0 aliphatic heterocycles. The molecule has 0 amide bonds. The third-order valence-electron chi connectivity index (χ3n) is 2.40. The minimum Gasteiger partial charge on any atom is -0.495 e. The fourth-order valence-electron chi connectivity index (χ4n) is 1.52. The lowest BCUT2D eigenvalue weighted by Crippen LogP contribution is -1.99. The van der Waals surface area contributed by atoms with Crippen LogP contribution in [0.5, 0.6) is 5.75 Å². The number of ether oxygens (including phenoxy) is 1. The number of hydrogen-bond donors (Lipinski definition) is 1. The first-order valence-electron chi connectivity index (χ1n) is 5.16. The molecule has 0 saturated heterocycles. The van der Waals surface area contributed by atoms with Gasteiger partial charge in [-0.05, 0) is 29.1 Å². The van der Waals surface area contributed by atoms with Gasteiger partial charge in [-0.2, -0.15) is 16.6 Å². The summed E-state index contributed by atoms with van der Waals surface area (Å²) in [5.74, 6) is 0.617. The molecule has 0 radical (unpaired) electrons. The third-order valence-corrected chi connectivity index (χ3v) is 3.09. The van der Waals surface area contributed by atoms with E-state index in [1.807, 2.05) is 29.6 Å². The van der Waals surface area contributed by atoms with Crippen LogP contribution in [0.3, 0.4) is 0 Å². The number of nitriles is 1. The highest BCUT2D eigenvalue weighted by Gasteiger charge is 2.03. The molecule has 0 unspecified atom stereocenters. The summed E-state index contributed by atoms with van der Waals surface area (Å²) in [5, 5.41) is 16.3. The highest BCUT2D eigenvalue weighted by atomic mass is 32.1. The molecule has 0 fully saturated rings. The monoisotopic (exact) mass is 244 g/mol. The van der Waals surface area contributed by atoms with Gasteiger partial charge in [0.1, 0.15) is 11.8 Å². The van der Waals surface area contributed by atoms with Gasteiger partial charge in [-0.15, -0.1) is 0 Å². The van der Waals surface area contributed by atoms with Gasteiger partial charge >= 0.3 is 0 Å². The molecule has 0 aliphatic carbocycles. The summed E-state index contributed by atoms with van der Waals surface area (Å²) in [4.78, 5) is 0. The van der Waals surface area contributed by atoms with Gasteiger partial charge in [0.2, 0.25) is 0 Å². The molecule has 1 aromatic heterocycles. The van der Waals surface area contributed by atoms with Crippen molar-refractivity contribution in [1.29, 1.82) is 5.26 Å². The molecule has 1 aromatic carbocycles. The van der Waals surface area contributed by atoms with E-state index >= 15 is 0 Å². The van der Waals surface area contributed by atoms with Gasteiger partial charge in [-0.25, -0.2) is 0 Å². The zero-order valence-electron chi connectivity index (χ0n) is 9.43. The fraction of sp³-hybridized carbons (Fsp3) is 0.154. The number of nitrogens with one attached hydrogen (secondary N) is 1. The number of nitrogens with zero attached hydrogens (tertiary/aromatic N) is 1. The van der Waals surface area contributed by atoms with Crippen LogP contribution in [0, 0.1) is 11.3 Å². The topological polar surface area (TPSA) is 45.0 Å². The first kappa shape index (κ1) is 11.5. The van der Waals surface area contributed by atoms with Crippen LogP contribution in [-0.4, -0.2) is 7.11 Å². The van der Waals surface area contributed by atoms with Crippen LogP contribution in [0.1, 0.15) is 11.1 Å². The second-order valence-electron chi connectivity index (χ2n) is 3.51. The minimum atomic E-state index is 0.567. The van der Waals surface area contributed by atoms with Crippen LogP contribution in [-0.2, 0) is 6.54 Å². The van der Waals surface area contributed by atoms with E-state index in [0.717, 1.165) is 11.3 Å². The molecular weight excluding hydrogens is 232 g/mol. The molecule has 0 aliphatic rings. The lowest BCUT2D eigenvalue weighted by atomic mass is 10.1. The van der Waals surface area contributed by atoms with Crippen molar-refractivity contribution in [2.75, 3.05) is 12.4 Å². The summed E-state index contributed by atoms with van der Waals surface area (Å²) in [5.41, 5.74) is 2.73. The molecule has 2 aromatic rings. The Balaban J connectivity index is 2.09. The largest absolute Gasteiger partial charge is 0.495 e. The maximum Gasteiger partial charge on any atom is 0.136 e. The molecule has 1 N–H and O–H groups in total. The lowest BCUT2D eigenvalue weighted by Gasteiger charge is -2.07. The summed E-state index contributed by atoms with van der Waals surface area (Å²) in [6.07, 6.45) is 0. The number of thiophene rings is 1. The van der Waals surface area contributed by atoms with E-state index in [1.54, 1.807) is 18.4 Å². The Morgan fingerprint density at radius 1 is 1.41 bits per heavy atom. The van der Waals surface area contributed by atoms with Crippen molar-refractivity contribution in [3.8, 4) is 11.8 Å².